The molecule has 1 rings (SSSR count). The molecule has 0 aromatic heterocycles. The first-order valence-corrected chi connectivity index (χ1v) is 6.48. The number of hydrogen-bond donors (Lipinski definition) is 0. The average Bonchev–Trinajstić information content (AvgIpc) is 2.03. The Morgan fingerprint density at radius 1 is 1.17 bits per heavy atom. The molecule has 0 heterocycles. The fourth-order valence-corrected chi connectivity index (χ4v) is 1.86. The zero-order valence-corrected chi connectivity index (χ0v) is 12.2. The maximum atomic E-state index is 3.55. The van der Waals surface area contributed by atoms with Crippen molar-refractivity contribution in [1.29, 1.82) is 0 Å². The van der Waals surface area contributed by atoms with E-state index in [1.807, 2.05) is 24.3 Å². The van der Waals surface area contributed by atoms with E-state index >= 15 is 0 Å². The molecule has 0 amide bonds. The van der Waals surface area contributed by atoms with Crippen LogP contribution in [-0.2, 0) is 0 Å². The molecule has 0 bridgehead atoms. The lowest BCUT2D eigenvalue weighted by atomic mass is 10.2. The van der Waals surface area contributed by atoms with Gasteiger partial charge in [-0.2, -0.15) is 0 Å². The van der Waals surface area contributed by atoms with E-state index < -0.39 is 0 Å². The molecular formula is C8H5Br4. The average molecular weight is 421 g/mol. The predicted octanol–water partition coefficient (Wildman–Crippen LogP) is 4.76. The van der Waals surface area contributed by atoms with Gasteiger partial charge in [0.05, 0.1) is 4.83 Å². The quantitative estimate of drug-likeness (QED) is 0.575. The molecule has 12 heavy (non-hydrogen) atoms. The van der Waals surface area contributed by atoms with Crippen molar-refractivity contribution < 1.29 is 0 Å². The van der Waals surface area contributed by atoms with Gasteiger partial charge in [0.15, 0.2) is 2.14 Å². The molecule has 1 radical (unpaired) electrons. The molecule has 4 heteroatoms. The number of halogens is 4. The van der Waals surface area contributed by atoms with Gasteiger partial charge in [0.2, 0.25) is 0 Å². The van der Waals surface area contributed by atoms with Gasteiger partial charge in [-0.3, -0.25) is 0 Å². The highest BCUT2D eigenvalue weighted by molar-refractivity contribution is 9.40. The van der Waals surface area contributed by atoms with Crippen LogP contribution in [0.5, 0.6) is 0 Å². The molecule has 1 aromatic carbocycles. The molecule has 0 aliphatic carbocycles. The van der Waals surface area contributed by atoms with Crippen LogP contribution in [0, 0.1) is 6.07 Å². The van der Waals surface area contributed by atoms with Gasteiger partial charge in [0.25, 0.3) is 0 Å². The van der Waals surface area contributed by atoms with Crippen molar-refractivity contribution in [1.82, 2.24) is 0 Å². The lowest BCUT2D eigenvalue weighted by Gasteiger charge is -2.19. The minimum absolute atomic E-state index is 0.166. The number of rotatable bonds is 1. The minimum Gasteiger partial charge on any atom is -0.0804 e. The van der Waals surface area contributed by atoms with Gasteiger partial charge in [-0.05, 0) is 11.6 Å². The Labute approximate surface area is 106 Å². The minimum atomic E-state index is -0.297. The van der Waals surface area contributed by atoms with Crippen LogP contribution in [0.1, 0.15) is 10.4 Å². The summed E-state index contributed by atoms with van der Waals surface area (Å²) in [5.74, 6) is 0. The zero-order valence-electron chi connectivity index (χ0n) is 5.90. The van der Waals surface area contributed by atoms with Crippen molar-refractivity contribution in [3.05, 3.63) is 35.9 Å². The topological polar surface area (TPSA) is 0 Å². The smallest absolute Gasteiger partial charge is 0.0804 e. The van der Waals surface area contributed by atoms with E-state index in [2.05, 4.69) is 69.8 Å². The van der Waals surface area contributed by atoms with Crippen LogP contribution >= 0.6 is 63.7 Å². The van der Waals surface area contributed by atoms with E-state index in [1.54, 1.807) is 0 Å². The van der Waals surface area contributed by atoms with Gasteiger partial charge >= 0.3 is 0 Å². The van der Waals surface area contributed by atoms with Crippen LogP contribution in [0.25, 0.3) is 0 Å². The molecule has 0 aliphatic heterocycles. The van der Waals surface area contributed by atoms with Crippen molar-refractivity contribution in [2.45, 2.75) is 6.97 Å². The fourth-order valence-electron chi connectivity index (χ4n) is 0.758. The van der Waals surface area contributed by atoms with Gasteiger partial charge < -0.3 is 0 Å². The summed E-state index contributed by atoms with van der Waals surface area (Å²) in [6.45, 7) is 0. The molecule has 0 saturated carbocycles. The Balaban J connectivity index is 2.86. The van der Waals surface area contributed by atoms with Crippen molar-refractivity contribution in [3.8, 4) is 0 Å². The third kappa shape index (κ3) is 3.13. The second-order valence-electron chi connectivity index (χ2n) is 2.24. The monoisotopic (exact) mass is 417 g/mol. The summed E-state index contributed by atoms with van der Waals surface area (Å²) in [6.07, 6.45) is 0. The third-order valence-electron chi connectivity index (χ3n) is 1.32. The first-order chi connectivity index (χ1) is 5.52. The molecule has 0 fully saturated rings. The number of benzene rings is 1. The highest BCUT2D eigenvalue weighted by Gasteiger charge is 2.29. The van der Waals surface area contributed by atoms with Crippen molar-refractivity contribution >= 4 is 63.7 Å². The maximum Gasteiger partial charge on any atom is 0.151 e. The summed E-state index contributed by atoms with van der Waals surface area (Å²) in [7, 11) is 0. The Kier molecular flexibility index (Phi) is 4.28. The molecule has 1 atom stereocenters. The lowest BCUT2D eigenvalue weighted by molar-refractivity contribution is 1.08. The second-order valence-corrected chi connectivity index (χ2v) is 10.1. The van der Waals surface area contributed by atoms with Gasteiger partial charge in [0, 0.05) is 0 Å². The first kappa shape index (κ1) is 11.2. The normalized spacial score (nSPS) is 14.3. The van der Waals surface area contributed by atoms with E-state index in [0.717, 1.165) is 0 Å². The first-order valence-electron chi connectivity index (χ1n) is 3.18. The SMILES string of the molecule is BrC(c1cc[c]cc1)C(Br)(Br)Br. The lowest BCUT2D eigenvalue weighted by Crippen LogP contribution is -2.08. The number of hydrogen-bond acceptors (Lipinski definition) is 0. The van der Waals surface area contributed by atoms with Crippen LogP contribution in [0.2, 0.25) is 0 Å². The van der Waals surface area contributed by atoms with Crippen LogP contribution in [0.3, 0.4) is 0 Å². The van der Waals surface area contributed by atoms with Crippen LogP contribution in [-0.4, -0.2) is 2.14 Å². The summed E-state index contributed by atoms with van der Waals surface area (Å²) < 4.78 is -0.297. The van der Waals surface area contributed by atoms with Gasteiger partial charge in [-0.1, -0.05) is 88.0 Å². The maximum absolute atomic E-state index is 3.55. The summed E-state index contributed by atoms with van der Waals surface area (Å²) in [5, 5.41) is 0. The number of alkyl halides is 4. The highest BCUT2D eigenvalue weighted by atomic mass is 80.0. The molecule has 0 aliphatic rings. The fraction of sp³-hybridized carbons (Fsp3) is 0.250. The van der Waals surface area contributed by atoms with Crippen LogP contribution in [0.15, 0.2) is 24.3 Å². The summed E-state index contributed by atoms with van der Waals surface area (Å²) in [4.78, 5) is 0.166. The molecule has 1 unspecified atom stereocenters. The van der Waals surface area contributed by atoms with E-state index in [-0.39, 0.29) is 6.97 Å². The molecule has 0 spiro atoms. The molecular weight excluding hydrogens is 416 g/mol. The standard InChI is InChI=1S/C8H5Br4/c9-7(8(10,11)12)6-4-2-1-3-5-6/h2-5,7H. The molecule has 65 valence electrons. The predicted molar refractivity (Wildman–Crippen MR) is 66.5 cm³/mol. The van der Waals surface area contributed by atoms with Crippen LogP contribution in [0.4, 0.5) is 0 Å². The second kappa shape index (κ2) is 4.58. The van der Waals surface area contributed by atoms with Crippen molar-refractivity contribution in [2.75, 3.05) is 0 Å². The third-order valence-corrected chi connectivity index (χ3v) is 5.76. The Hall–Kier alpha value is 1.14. The molecule has 0 N–H and O–H groups in total. The summed E-state index contributed by atoms with van der Waals surface area (Å²) in [5.41, 5.74) is 1.18. The molecule has 1 aromatic rings. The Morgan fingerprint density at radius 3 is 2.08 bits per heavy atom. The van der Waals surface area contributed by atoms with Gasteiger partial charge in [-0.25, -0.2) is 0 Å². The van der Waals surface area contributed by atoms with Gasteiger partial charge in [0.1, 0.15) is 0 Å². The van der Waals surface area contributed by atoms with Crippen LogP contribution < -0.4 is 0 Å². The van der Waals surface area contributed by atoms with E-state index in [9.17, 15) is 0 Å². The van der Waals surface area contributed by atoms with Crippen molar-refractivity contribution in [3.63, 3.8) is 0 Å². The zero-order chi connectivity index (χ0) is 9.19. The van der Waals surface area contributed by atoms with Crippen molar-refractivity contribution in [2.24, 2.45) is 0 Å². The van der Waals surface area contributed by atoms with E-state index in [1.165, 1.54) is 5.56 Å². The summed E-state index contributed by atoms with van der Waals surface area (Å²) >= 11 is 13.9. The highest BCUT2D eigenvalue weighted by Crippen LogP contribution is 2.49. The van der Waals surface area contributed by atoms with E-state index in [0.29, 0.717) is 0 Å². The van der Waals surface area contributed by atoms with Gasteiger partial charge in [-0.15, -0.1) is 0 Å². The molecule has 0 saturated heterocycles. The Bertz CT molecular complexity index is 239. The summed E-state index contributed by atoms with van der Waals surface area (Å²) in [6, 6.07) is 10.8. The largest absolute Gasteiger partial charge is 0.151 e. The Morgan fingerprint density at radius 2 is 1.67 bits per heavy atom. The van der Waals surface area contributed by atoms with E-state index in [4.69, 9.17) is 0 Å². The molecule has 0 nitrogen and oxygen atoms in total.